The molecule has 2 saturated carbocycles. The van der Waals surface area contributed by atoms with Gasteiger partial charge in [0, 0.05) is 24.1 Å². The van der Waals surface area contributed by atoms with E-state index in [1.54, 1.807) is 12.1 Å². The fourth-order valence-electron chi connectivity index (χ4n) is 3.19. The Balaban J connectivity index is 1.41. The van der Waals surface area contributed by atoms with E-state index in [2.05, 4.69) is 17.7 Å². The third-order valence-corrected chi connectivity index (χ3v) is 6.56. The summed E-state index contributed by atoms with van der Waals surface area (Å²) < 4.78 is 29.6. The van der Waals surface area contributed by atoms with Crippen LogP contribution in [0.15, 0.2) is 35.2 Å². The second kappa shape index (κ2) is 6.57. The van der Waals surface area contributed by atoms with Crippen LogP contribution in [0.4, 0.5) is 0 Å². The highest BCUT2D eigenvalue weighted by Crippen LogP contribution is 2.44. The third kappa shape index (κ3) is 3.80. The smallest absolute Gasteiger partial charge is 0.240 e. The summed E-state index contributed by atoms with van der Waals surface area (Å²) in [5, 5.41) is 4.73. The van der Waals surface area contributed by atoms with Crippen molar-refractivity contribution in [2.45, 2.75) is 62.3 Å². The molecule has 0 amide bonds. The first-order valence-electron chi connectivity index (χ1n) is 9.23. The summed E-state index contributed by atoms with van der Waals surface area (Å²) in [5.41, 5.74) is 3.62. The van der Waals surface area contributed by atoms with Crippen LogP contribution in [0.5, 0.6) is 0 Å². The molecule has 0 aliphatic heterocycles. The normalized spacial score (nSPS) is 17.8. The number of aromatic nitrogens is 2. The number of rotatable bonds is 8. The van der Waals surface area contributed by atoms with E-state index in [1.807, 2.05) is 16.8 Å². The molecule has 1 N–H and O–H groups in total. The first kappa shape index (κ1) is 16.8. The monoisotopic (exact) mass is 359 g/mol. The van der Waals surface area contributed by atoms with E-state index < -0.39 is 10.0 Å². The fourth-order valence-corrected chi connectivity index (χ4v) is 4.21. The molecule has 0 radical (unpaired) electrons. The van der Waals surface area contributed by atoms with Crippen molar-refractivity contribution >= 4 is 10.0 Å². The van der Waals surface area contributed by atoms with Gasteiger partial charge in [0.2, 0.25) is 10.0 Å². The molecular formula is C19H25N3O2S. The van der Waals surface area contributed by atoms with Gasteiger partial charge in [-0.15, -0.1) is 0 Å². The molecule has 0 saturated heterocycles. The Kier molecular flexibility index (Phi) is 4.41. The van der Waals surface area contributed by atoms with Crippen molar-refractivity contribution in [3.8, 4) is 0 Å². The molecule has 4 rings (SSSR count). The molecule has 0 atom stereocenters. The summed E-state index contributed by atoms with van der Waals surface area (Å²) in [5.74, 6) is 1.26. The van der Waals surface area contributed by atoms with Gasteiger partial charge in [-0.2, -0.15) is 5.10 Å². The molecule has 1 aromatic heterocycles. The quantitative estimate of drug-likeness (QED) is 0.787. The minimum atomic E-state index is -3.46. The van der Waals surface area contributed by atoms with Crippen molar-refractivity contribution in [3.05, 3.63) is 47.3 Å². The van der Waals surface area contributed by atoms with Crippen molar-refractivity contribution in [2.75, 3.05) is 6.54 Å². The van der Waals surface area contributed by atoms with Crippen LogP contribution in [0.3, 0.4) is 0 Å². The Hall–Kier alpha value is -1.66. The summed E-state index contributed by atoms with van der Waals surface area (Å²) in [7, 11) is -3.46. The van der Waals surface area contributed by atoms with Crippen LogP contribution in [0, 0.1) is 0 Å². The van der Waals surface area contributed by atoms with Gasteiger partial charge in [0.05, 0.1) is 17.1 Å². The van der Waals surface area contributed by atoms with Crippen LogP contribution < -0.4 is 4.72 Å². The Labute approximate surface area is 149 Å². The molecule has 0 bridgehead atoms. The van der Waals surface area contributed by atoms with Crippen LogP contribution in [0.25, 0.3) is 0 Å². The van der Waals surface area contributed by atoms with Crippen molar-refractivity contribution in [3.63, 3.8) is 0 Å². The van der Waals surface area contributed by atoms with E-state index in [0.29, 0.717) is 29.8 Å². The molecule has 0 spiro atoms. The zero-order valence-corrected chi connectivity index (χ0v) is 15.4. The topological polar surface area (TPSA) is 64.0 Å². The number of sulfonamides is 1. The molecule has 25 heavy (non-hydrogen) atoms. The second-order valence-electron chi connectivity index (χ2n) is 7.16. The Bertz CT molecular complexity index is 847. The number of aryl methyl sites for hydroxylation is 1. The molecule has 1 aromatic carbocycles. The van der Waals surface area contributed by atoms with Crippen molar-refractivity contribution in [1.82, 2.24) is 14.5 Å². The number of hydrogen-bond acceptors (Lipinski definition) is 3. The molecule has 5 nitrogen and oxygen atoms in total. The summed E-state index contributed by atoms with van der Waals surface area (Å²) in [6.45, 7) is 3.01. The largest absolute Gasteiger partial charge is 0.268 e. The predicted octanol–water partition coefficient (Wildman–Crippen LogP) is 3.18. The number of hydrogen-bond donors (Lipinski definition) is 1. The maximum absolute atomic E-state index is 12.4. The van der Waals surface area contributed by atoms with Crippen LogP contribution in [-0.4, -0.2) is 24.7 Å². The van der Waals surface area contributed by atoms with Gasteiger partial charge in [-0.05, 0) is 55.9 Å². The lowest BCUT2D eigenvalue weighted by Crippen LogP contribution is -2.28. The number of benzene rings is 1. The highest BCUT2D eigenvalue weighted by molar-refractivity contribution is 7.89. The molecular weight excluding hydrogens is 334 g/mol. The highest BCUT2D eigenvalue weighted by Gasteiger charge is 2.32. The summed E-state index contributed by atoms with van der Waals surface area (Å²) in [4.78, 5) is 0.325. The van der Waals surface area contributed by atoms with Crippen LogP contribution >= 0.6 is 0 Å². The lowest BCUT2D eigenvalue weighted by atomic mass is 10.2. The first-order valence-corrected chi connectivity index (χ1v) is 10.7. The zero-order chi connectivity index (χ0) is 17.4. The average Bonchev–Trinajstić information content (AvgIpc) is 3.53. The summed E-state index contributed by atoms with van der Waals surface area (Å²) in [6, 6.07) is 9.34. The van der Waals surface area contributed by atoms with Crippen LogP contribution in [0.2, 0.25) is 0 Å². The van der Waals surface area contributed by atoms with E-state index in [9.17, 15) is 8.42 Å². The zero-order valence-electron chi connectivity index (χ0n) is 14.6. The molecule has 2 aliphatic rings. The van der Waals surface area contributed by atoms with E-state index >= 15 is 0 Å². The van der Waals surface area contributed by atoms with Gasteiger partial charge < -0.3 is 0 Å². The Morgan fingerprint density at radius 2 is 1.80 bits per heavy atom. The van der Waals surface area contributed by atoms with Crippen molar-refractivity contribution in [2.24, 2.45) is 0 Å². The minimum absolute atomic E-state index is 0.325. The van der Waals surface area contributed by atoms with E-state index in [0.717, 1.165) is 12.0 Å². The molecule has 0 unspecified atom stereocenters. The Morgan fingerprint density at radius 1 is 1.12 bits per heavy atom. The highest BCUT2D eigenvalue weighted by atomic mass is 32.2. The van der Waals surface area contributed by atoms with Gasteiger partial charge in [-0.25, -0.2) is 13.1 Å². The molecule has 2 aliphatic carbocycles. The van der Waals surface area contributed by atoms with E-state index in [4.69, 9.17) is 5.10 Å². The fraction of sp³-hybridized carbons (Fsp3) is 0.526. The van der Waals surface area contributed by atoms with Gasteiger partial charge in [0.15, 0.2) is 0 Å². The SMILES string of the molecule is CCc1ccc(S(=O)(=O)NCCn2nc(C3CC3)cc2C2CC2)cc1. The third-order valence-electron chi connectivity index (χ3n) is 5.08. The first-order chi connectivity index (χ1) is 12.1. The second-order valence-corrected chi connectivity index (χ2v) is 8.93. The van der Waals surface area contributed by atoms with Gasteiger partial charge in [-0.3, -0.25) is 4.68 Å². The molecule has 1 heterocycles. The molecule has 134 valence electrons. The van der Waals surface area contributed by atoms with Gasteiger partial charge in [0.1, 0.15) is 0 Å². The molecule has 6 heteroatoms. The van der Waals surface area contributed by atoms with Gasteiger partial charge >= 0.3 is 0 Å². The maximum Gasteiger partial charge on any atom is 0.240 e. The predicted molar refractivity (Wildman–Crippen MR) is 97.2 cm³/mol. The number of nitrogens with zero attached hydrogens (tertiary/aromatic N) is 2. The summed E-state index contributed by atoms with van der Waals surface area (Å²) in [6.07, 6.45) is 5.83. The van der Waals surface area contributed by atoms with Crippen molar-refractivity contribution < 1.29 is 8.42 Å². The molecule has 2 aromatic rings. The molecule has 2 fully saturated rings. The lowest BCUT2D eigenvalue weighted by molar-refractivity contribution is 0.548. The van der Waals surface area contributed by atoms with Crippen LogP contribution in [0.1, 0.15) is 61.4 Å². The Morgan fingerprint density at radius 3 is 2.40 bits per heavy atom. The number of nitrogens with one attached hydrogen (secondary N) is 1. The average molecular weight is 359 g/mol. The van der Waals surface area contributed by atoms with E-state index in [1.165, 1.54) is 37.1 Å². The summed E-state index contributed by atoms with van der Waals surface area (Å²) >= 11 is 0. The van der Waals surface area contributed by atoms with Gasteiger partial charge in [0.25, 0.3) is 0 Å². The van der Waals surface area contributed by atoms with E-state index in [-0.39, 0.29) is 0 Å². The van der Waals surface area contributed by atoms with Gasteiger partial charge in [-0.1, -0.05) is 19.1 Å². The maximum atomic E-state index is 12.4. The standard InChI is InChI=1S/C19H25N3O2S/c1-2-14-3-9-17(10-4-14)25(23,24)20-11-12-22-19(16-7-8-16)13-18(21-22)15-5-6-15/h3-4,9-10,13,15-16,20H,2,5-8,11-12H2,1H3. The van der Waals surface area contributed by atoms with Crippen molar-refractivity contribution in [1.29, 1.82) is 0 Å². The lowest BCUT2D eigenvalue weighted by Gasteiger charge is -2.09. The van der Waals surface area contributed by atoms with Crippen LogP contribution in [-0.2, 0) is 23.0 Å². The minimum Gasteiger partial charge on any atom is -0.268 e.